The smallest absolute Gasteiger partial charge is 0.270 e. The van der Waals surface area contributed by atoms with Crippen LogP contribution in [-0.2, 0) is 6.42 Å². The molecule has 0 spiro atoms. The number of nitrogens with one attached hydrogen (secondary N) is 2. The minimum absolute atomic E-state index is 0.260. The fraction of sp³-hybridized carbons (Fsp3) is 0.421. The van der Waals surface area contributed by atoms with Crippen LogP contribution in [0, 0.1) is 12.7 Å². The average Bonchev–Trinajstić information content (AvgIpc) is 2.59. The maximum atomic E-state index is 13.6. The van der Waals surface area contributed by atoms with Gasteiger partial charge in [0, 0.05) is 18.8 Å². The third kappa shape index (κ3) is 6.40. The zero-order valence-electron chi connectivity index (χ0n) is 15.6. The first-order valence-corrected chi connectivity index (χ1v) is 8.71. The molecule has 0 radical (unpaired) electrons. The molecule has 2 rings (SSSR count). The molecular weight excluding hydrogens is 333 g/mol. The van der Waals surface area contributed by atoms with Crippen molar-refractivity contribution in [2.75, 3.05) is 39.0 Å². The number of hydrogen-bond acceptors (Lipinski definition) is 5. The highest BCUT2D eigenvalue weighted by Crippen LogP contribution is 2.07. The highest BCUT2D eigenvalue weighted by atomic mass is 19.1. The van der Waals surface area contributed by atoms with E-state index in [1.54, 1.807) is 24.3 Å². The number of rotatable bonds is 9. The van der Waals surface area contributed by atoms with Crippen LogP contribution in [0.2, 0.25) is 0 Å². The molecule has 0 saturated carbocycles. The standard InChI is InChI=1S/C19H26FN5O/c1-14-13-17(24-19(23-14)22-10-6-12-25(2)3)18(26)21-11-9-15-7-4-5-8-16(15)20/h4-5,7-8,13H,6,9-12H2,1-3H3,(H,21,26)(H,22,23,24). The number of aromatic nitrogens is 2. The Balaban J connectivity index is 1.88. The molecule has 1 aromatic carbocycles. The van der Waals surface area contributed by atoms with E-state index in [-0.39, 0.29) is 11.7 Å². The molecule has 2 aromatic rings. The van der Waals surface area contributed by atoms with Crippen molar-refractivity contribution in [1.29, 1.82) is 0 Å². The Morgan fingerprint density at radius 2 is 1.96 bits per heavy atom. The van der Waals surface area contributed by atoms with Gasteiger partial charge in [-0.25, -0.2) is 14.4 Å². The maximum Gasteiger partial charge on any atom is 0.270 e. The van der Waals surface area contributed by atoms with Gasteiger partial charge in [-0.15, -0.1) is 0 Å². The fourth-order valence-electron chi connectivity index (χ4n) is 2.46. The van der Waals surface area contributed by atoms with Crippen LogP contribution in [0.15, 0.2) is 30.3 Å². The average molecular weight is 359 g/mol. The molecule has 140 valence electrons. The number of anilines is 1. The number of benzene rings is 1. The molecule has 0 saturated heterocycles. The Morgan fingerprint density at radius 1 is 1.19 bits per heavy atom. The van der Waals surface area contributed by atoms with E-state index in [4.69, 9.17) is 0 Å². The van der Waals surface area contributed by atoms with E-state index in [1.165, 1.54) is 6.07 Å². The molecule has 2 N–H and O–H groups in total. The van der Waals surface area contributed by atoms with Crippen molar-refractivity contribution in [1.82, 2.24) is 20.2 Å². The van der Waals surface area contributed by atoms with Crippen molar-refractivity contribution >= 4 is 11.9 Å². The zero-order chi connectivity index (χ0) is 18.9. The van der Waals surface area contributed by atoms with Gasteiger partial charge in [-0.1, -0.05) is 18.2 Å². The maximum absolute atomic E-state index is 13.6. The van der Waals surface area contributed by atoms with E-state index in [1.807, 2.05) is 21.0 Å². The summed E-state index contributed by atoms with van der Waals surface area (Å²) in [6.07, 6.45) is 1.38. The van der Waals surface area contributed by atoms with Gasteiger partial charge in [0.05, 0.1) is 0 Å². The van der Waals surface area contributed by atoms with Crippen LogP contribution >= 0.6 is 0 Å². The number of amides is 1. The van der Waals surface area contributed by atoms with Gasteiger partial charge in [-0.3, -0.25) is 4.79 Å². The van der Waals surface area contributed by atoms with Crippen LogP contribution < -0.4 is 10.6 Å². The summed E-state index contributed by atoms with van der Waals surface area (Å²) in [6, 6.07) is 8.20. The van der Waals surface area contributed by atoms with Crippen LogP contribution in [-0.4, -0.2) is 54.5 Å². The molecule has 1 heterocycles. The summed E-state index contributed by atoms with van der Waals surface area (Å²) >= 11 is 0. The lowest BCUT2D eigenvalue weighted by molar-refractivity contribution is 0.0949. The zero-order valence-corrected chi connectivity index (χ0v) is 15.6. The first-order chi connectivity index (χ1) is 12.5. The summed E-state index contributed by atoms with van der Waals surface area (Å²) in [5.41, 5.74) is 1.60. The Morgan fingerprint density at radius 3 is 2.69 bits per heavy atom. The summed E-state index contributed by atoms with van der Waals surface area (Å²) in [7, 11) is 4.04. The van der Waals surface area contributed by atoms with Crippen LogP contribution in [0.25, 0.3) is 0 Å². The molecule has 6 nitrogen and oxygen atoms in total. The molecule has 0 atom stereocenters. The number of carbonyl (C=O) groups excluding carboxylic acids is 1. The molecule has 0 aliphatic rings. The van der Waals surface area contributed by atoms with Gasteiger partial charge in [0.2, 0.25) is 5.95 Å². The highest BCUT2D eigenvalue weighted by Gasteiger charge is 2.10. The van der Waals surface area contributed by atoms with Gasteiger partial charge in [-0.2, -0.15) is 0 Å². The van der Waals surface area contributed by atoms with E-state index in [9.17, 15) is 9.18 Å². The normalized spacial score (nSPS) is 10.8. The molecule has 1 aromatic heterocycles. The third-order valence-corrected chi connectivity index (χ3v) is 3.79. The Labute approximate surface area is 153 Å². The van der Waals surface area contributed by atoms with E-state index < -0.39 is 0 Å². The van der Waals surface area contributed by atoms with Crippen molar-refractivity contribution in [2.45, 2.75) is 19.8 Å². The van der Waals surface area contributed by atoms with Gasteiger partial charge < -0.3 is 15.5 Å². The fourth-order valence-corrected chi connectivity index (χ4v) is 2.46. The van der Waals surface area contributed by atoms with Crippen molar-refractivity contribution in [3.05, 3.63) is 53.1 Å². The lowest BCUT2D eigenvalue weighted by atomic mass is 10.1. The Bertz CT molecular complexity index is 736. The summed E-state index contributed by atoms with van der Waals surface area (Å²) in [5, 5.41) is 5.93. The van der Waals surface area contributed by atoms with Gasteiger partial charge in [0.1, 0.15) is 11.5 Å². The third-order valence-electron chi connectivity index (χ3n) is 3.79. The van der Waals surface area contributed by atoms with Crippen molar-refractivity contribution < 1.29 is 9.18 Å². The quantitative estimate of drug-likeness (QED) is 0.672. The molecular formula is C19H26FN5O. The monoisotopic (exact) mass is 359 g/mol. The lowest BCUT2D eigenvalue weighted by Gasteiger charge is -2.11. The van der Waals surface area contributed by atoms with Gasteiger partial charge in [0.15, 0.2) is 0 Å². The molecule has 0 unspecified atom stereocenters. The number of nitrogens with zero attached hydrogens (tertiary/aromatic N) is 3. The number of halogens is 1. The highest BCUT2D eigenvalue weighted by molar-refractivity contribution is 5.92. The van der Waals surface area contributed by atoms with E-state index >= 15 is 0 Å². The molecule has 0 aliphatic carbocycles. The predicted molar refractivity (Wildman–Crippen MR) is 101 cm³/mol. The van der Waals surface area contributed by atoms with E-state index in [0.29, 0.717) is 30.2 Å². The summed E-state index contributed by atoms with van der Waals surface area (Å²) in [6.45, 7) is 3.86. The first kappa shape index (κ1) is 19.8. The molecule has 0 fully saturated rings. The van der Waals surface area contributed by atoms with Crippen LogP contribution in [0.1, 0.15) is 28.2 Å². The second kappa shape index (κ2) is 9.82. The molecule has 0 bridgehead atoms. The van der Waals surface area contributed by atoms with Crippen LogP contribution in [0.5, 0.6) is 0 Å². The second-order valence-corrected chi connectivity index (χ2v) is 6.40. The second-order valence-electron chi connectivity index (χ2n) is 6.40. The van der Waals surface area contributed by atoms with Crippen molar-refractivity contribution in [3.63, 3.8) is 0 Å². The van der Waals surface area contributed by atoms with Crippen LogP contribution in [0.4, 0.5) is 10.3 Å². The van der Waals surface area contributed by atoms with Gasteiger partial charge >= 0.3 is 0 Å². The molecule has 26 heavy (non-hydrogen) atoms. The first-order valence-electron chi connectivity index (χ1n) is 8.71. The largest absolute Gasteiger partial charge is 0.354 e. The Hall–Kier alpha value is -2.54. The SMILES string of the molecule is Cc1cc(C(=O)NCCc2ccccc2F)nc(NCCCN(C)C)n1. The minimum Gasteiger partial charge on any atom is -0.354 e. The molecule has 0 aliphatic heterocycles. The van der Waals surface area contributed by atoms with Gasteiger partial charge in [-0.05, 0) is 58.1 Å². The van der Waals surface area contributed by atoms with E-state index in [2.05, 4.69) is 25.5 Å². The predicted octanol–water partition coefficient (Wildman–Crippen LogP) is 2.26. The number of hydrogen-bond donors (Lipinski definition) is 2. The minimum atomic E-state index is -0.289. The summed E-state index contributed by atoms with van der Waals surface area (Å²) < 4.78 is 13.6. The lowest BCUT2D eigenvalue weighted by Crippen LogP contribution is -2.27. The molecule has 1 amide bonds. The number of carbonyl (C=O) groups is 1. The molecule has 7 heteroatoms. The summed E-state index contributed by atoms with van der Waals surface area (Å²) in [5.74, 6) is -0.102. The van der Waals surface area contributed by atoms with Crippen molar-refractivity contribution in [2.24, 2.45) is 0 Å². The Kier molecular flexibility index (Phi) is 7.47. The number of aryl methyl sites for hydroxylation is 1. The van der Waals surface area contributed by atoms with Crippen molar-refractivity contribution in [3.8, 4) is 0 Å². The topological polar surface area (TPSA) is 70.2 Å². The van der Waals surface area contributed by atoms with Crippen LogP contribution in [0.3, 0.4) is 0 Å². The summed E-state index contributed by atoms with van der Waals surface area (Å²) in [4.78, 5) is 23.0. The van der Waals surface area contributed by atoms with Gasteiger partial charge in [0.25, 0.3) is 5.91 Å². The van der Waals surface area contributed by atoms with E-state index in [0.717, 1.165) is 25.2 Å².